The number of amides is 1. The first-order valence-corrected chi connectivity index (χ1v) is 8.57. The predicted molar refractivity (Wildman–Crippen MR) is 83.6 cm³/mol. The summed E-state index contributed by atoms with van der Waals surface area (Å²) in [7, 11) is 0. The van der Waals surface area contributed by atoms with E-state index in [1.165, 1.54) is 18.6 Å². The largest absolute Gasteiger partial charge is 0.324 e. The number of hydrogen-bond acceptors (Lipinski definition) is 3. The summed E-state index contributed by atoms with van der Waals surface area (Å²) in [6.45, 7) is 3.05. The standard InChI is InChI=1S/C16H22N2OS/c1-2-14-17-15(12-7-4-3-5-8-12)16(19)18(14)11-13-9-6-10-20-13/h3-5,7-8,13-15,17H,2,6,9-11H2,1H3. The Morgan fingerprint density at radius 2 is 2.15 bits per heavy atom. The summed E-state index contributed by atoms with van der Waals surface area (Å²) in [5.41, 5.74) is 1.08. The van der Waals surface area contributed by atoms with Crippen molar-refractivity contribution in [3.05, 3.63) is 35.9 Å². The summed E-state index contributed by atoms with van der Waals surface area (Å²) in [5.74, 6) is 1.49. The first kappa shape index (κ1) is 14.0. The molecule has 2 aliphatic rings. The van der Waals surface area contributed by atoms with Gasteiger partial charge in [-0.3, -0.25) is 10.1 Å². The highest BCUT2D eigenvalue weighted by molar-refractivity contribution is 8.00. The maximum atomic E-state index is 12.7. The number of benzene rings is 1. The van der Waals surface area contributed by atoms with E-state index in [4.69, 9.17) is 0 Å². The van der Waals surface area contributed by atoms with Crippen LogP contribution in [0.3, 0.4) is 0 Å². The van der Waals surface area contributed by atoms with E-state index in [9.17, 15) is 4.79 Å². The minimum absolute atomic E-state index is 0.160. The van der Waals surface area contributed by atoms with Crippen LogP contribution in [0.1, 0.15) is 37.8 Å². The van der Waals surface area contributed by atoms with Crippen LogP contribution in [0.25, 0.3) is 0 Å². The third-order valence-electron chi connectivity index (χ3n) is 4.21. The van der Waals surface area contributed by atoms with Gasteiger partial charge < -0.3 is 4.90 Å². The van der Waals surface area contributed by atoms with E-state index in [0.29, 0.717) is 5.25 Å². The number of nitrogens with one attached hydrogen (secondary N) is 1. The van der Waals surface area contributed by atoms with Crippen LogP contribution in [-0.4, -0.2) is 34.5 Å². The van der Waals surface area contributed by atoms with Crippen LogP contribution in [0, 0.1) is 0 Å². The molecule has 2 aliphatic heterocycles. The molecule has 0 radical (unpaired) electrons. The Hall–Kier alpha value is -1.00. The van der Waals surface area contributed by atoms with Crippen molar-refractivity contribution in [3.8, 4) is 0 Å². The molecule has 1 N–H and O–H groups in total. The minimum Gasteiger partial charge on any atom is -0.324 e. The van der Waals surface area contributed by atoms with E-state index >= 15 is 0 Å². The quantitative estimate of drug-likeness (QED) is 0.925. The van der Waals surface area contributed by atoms with E-state index in [0.717, 1.165) is 18.5 Å². The van der Waals surface area contributed by atoms with E-state index in [-0.39, 0.29) is 18.1 Å². The Morgan fingerprint density at radius 1 is 1.35 bits per heavy atom. The second kappa shape index (κ2) is 6.19. The summed E-state index contributed by atoms with van der Waals surface area (Å²) in [4.78, 5) is 14.8. The molecule has 2 saturated heterocycles. The Bertz CT molecular complexity index is 459. The third-order valence-corrected chi connectivity index (χ3v) is 5.59. The molecule has 20 heavy (non-hydrogen) atoms. The number of carbonyl (C=O) groups is 1. The van der Waals surface area contributed by atoms with Gasteiger partial charge in [-0.15, -0.1) is 0 Å². The number of carbonyl (C=O) groups excluding carboxylic acids is 1. The maximum absolute atomic E-state index is 12.7. The maximum Gasteiger partial charge on any atom is 0.245 e. The van der Waals surface area contributed by atoms with Crippen LogP contribution < -0.4 is 5.32 Å². The van der Waals surface area contributed by atoms with E-state index in [2.05, 4.69) is 17.1 Å². The SMILES string of the molecule is CCC1NC(c2ccccc2)C(=O)N1CC1CCCS1. The second-order valence-corrected chi connectivity index (χ2v) is 6.97. The van der Waals surface area contributed by atoms with Crippen LogP contribution in [0.4, 0.5) is 0 Å². The Kier molecular flexibility index (Phi) is 4.32. The molecule has 3 unspecified atom stereocenters. The average Bonchev–Trinajstić information content (AvgIpc) is 3.10. The highest BCUT2D eigenvalue weighted by atomic mass is 32.2. The van der Waals surface area contributed by atoms with Crippen molar-refractivity contribution in [1.82, 2.24) is 10.2 Å². The zero-order valence-corrected chi connectivity index (χ0v) is 12.7. The molecule has 1 aromatic carbocycles. The number of hydrogen-bond donors (Lipinski definition) is 1. The van der Waals surface area contributed by atoms with Crippen LogP contribution in [0.2, 0.25) is 0 Å². The van der Waals surface area contributed by atoms with Gasteiger partial charge in [0.1, 0.15) is 6.04 Å². The Balaban J connectivity index is 1.74. The summed E-state index contributed by atoms with van der Waals surface area (Å²) in [6.07, 6.45) is 3.70. The molecule has 0 bridgehead atoms. The topological polar surface area (TPSA) is 32.3 Å². The molecular formula is C16H22N2OS. The zero-order chi connectivity index (χ0) is 13.9. The molecule has 3 atom stereocenters. The van der Waals surface area contributed by atoms with Crippen molar-refractivity contribution in [1.29, 1.82) is 0 Å². The fourth-order valence-corrected chi connectivity index (χ4v) is 4.39. The van der Waals surface area contributed by atoms with Gasteiger partial charge in [0.2, 0.25) is 5.91 Å². The summed E-state index contributed by atoms with van der Waals surface area (Å²) in [5, 5.41) is 4.13. The minimum atomic E-state index is -0.160. The molecule has 0 spiro atoms. The zero-order valence-electron chi connectivity index (χ0n) is 11.9. The number of rotatable bonds is 4. The van der Waals surface area contributed by atoms with Gasteiger partial charge in [-0.05, 0) is 30.6 Å². The first-order chi connectivity index (χ1) is 9.79. The highest BCUT2D eigenvalue weighted by Crippen LogP contribution is 2.31. The van der Waals surface area contributed by atoms with Crippen molar-refractivity contribution in [3.63, 3.8) is 0 Å². The third kappa shape index (κ3) is 2.72. The van der Waals surface area contributed by atoms with Crippen molar-refractivity contribution < 1.29 is 4.79 Å². The second-order valence-electron chi connectivity index (χ2n) is 5.56. The van der Waals surface area contributed by atoms with Crippen LogP contribution in [0.5, 0.6) is 0 Å². The molecule has 2 fully saturated rings. The highest BCUT2D eigenvalue weighted by Gasteiger charge is 2.39. The lowest BCUT2D eigenvalue weighted by atomic mass is 10.1. The van der Waals surface area contributed by atoms with Crippen LogP contribution in [-0.2, 0) is 4.79 Å². The van der Waals surface area contributed by atoms with Gasteiger partial charge in [-0.25, -0.2) is 0 Å². The molecule has 2 heterocycles. The van der Waals surface area contributed by atoms with Gasteiger partial charge in [0.25, 0.3) is 0 Å². The Labute approximate surface area is 125 Å². The monoisotopic (exact) mass is 290 g/mol. The molecule has 1 aromatic rings. The van der Waals surface area contributed by atoms with Crippen LogP contribution in [0.15, 0.2) is 30.3 Å². The first-order valence-electron chi connectivity index (χ1n) is 7.52. The molecule has 0 saturated carbocycles. The van der Waals surface area contributed by atoms with Gasteiger partial charge in [0.05, 0.1) is 6.17 Å². The van der Waals surface area contributed by atoms with Crippen LogP contribution >= 0.6 is 11.8 Å². The lowest BCUT2D eigenvalue weighted by Crippen LogP contribution is -2.40. The lowest BCUT2D eigenvalue weighted by Gasteiger charge is -2.25. The van der Waals surface area contributed by atoms with Crippen molar-refractivity contribution in [2.45, 2.75) is 43.6 Å². The Morgan fingerprint density at radius 3 is 2.80 bits per heavy atom. The summed E-state index contributed by atoms with van der Waals surface area (Å²) >= 11 is 2.02. The summed E-state index contributed by atoms with van der Waals surface area (Å²) < 4.78 is 0. The van der Waals surface area contributed by atoms with E-state index in [1.807, 2.05) is 42.1 Å². The number of nitrogens with zero attached hydrogens (tertiary/aromatic N) is 1. The molecule has 0 aromatic heterocycles. The normalized spacial score (nSPS) is 30.1. The van der Waals surface area contributed by atoms with Crippen molar-refractivity contribution >= 4 is 17.7 Å². The fraction of sp³-hybridized carbons (Fsp3) is 0.562. The fourth-order valence-electron chi connectivity index (χ4n) is 3.12. The van der Waals surface area contributed by atoms with Gasteiger partial charge in [0.15, 0.2) is 0 Å². The lowest BCUT2D eigenvalue weighted by molar-refractivity contribution is -0.130. The molecule has 0 aliphatic carbocycles. The van der Waals surface area contributed by atoms with Gasteiger partial charge in [-0.1, -0.05) is 37.3 Å². The van der Waals surface area contributed by atoms with E-state index < -0.39 is 0 Å². The van der Waals surface area contributed by atoms with Gasteiger partial charge in [-0.2, -0.15) is 11.8 Å². The molecule has 3 nitrogen and oxygen atoms in total. The van der Waals surface area contributed by atoms with Gasteiger partial charge in [0, 0.05) is 11.8 Å². The van der Waals surface area contributed by atoms with Crippen molar-refractivity contribution in [2.24, 2.45) is 0 Å². The van der Waals surface area contributed by atoms with Gasteiger partial charge >= 0.3 is 0 Å². The predicted octanol–water partition coefficient (Wildman–Crippen LogP) is 2.79. The number of thioether (sulfide) groups is 1. The smallest absolute Gasteiger partial charge is 0.245 e. The summed E-state index contributed by atoms with van der Waals surface area (Å²) in [6, 6.07) is 9.91. The molecule has 3 rings (SSSR count). The van der Waals surface area contributed by atoms with E-state index in [1.54, 1.807) is 0 Å². The average molecular weight is 290 g/mol. The molecule has 1 amide bonds. The molecule has 4 heteroatoms. The molecule has 108 valence electrons. The molecular weight excluding hydrogens is 268 g/mol. The van der Waals surface area contributed by atoms with Crippen molar-refractivity contribution in [2.75, 3.05) is 12.3 Å².